The van der Waals surface area contributed by atoms with Crippen molar-refractivity contribution in [3.8, 4) is 0 Å². The molecule has 0 aromatic heterocycles. The summed E-state index contributed by atoms with van der Waals surface area (Å²) in [7, 11) is 0. The highest BCUT2D eigenvalue weighted by Gasteiger charge is 2.28. The van der Waals surface area contributed by atoms with Gasteiger partial charge >= 0.3 is 5.97 Å². The number of carbonyl (C=O) groups is 2. The van der Waals surface area contributed by atoms with Crippen molar-refractivity contribution in [3.63, 3.8) is 0 Å². The third-order valence-corrected chi connectivity index (χ3v) is 3.85. The fourth-order valence-electron chi connectivity index (χ4n) is 2.64. The molecule has 0 bridgehead atoms. The molecule has 21 heavy (non-hydrogen) atoms. The van der Waals surface area contributed by atoms with Crippen molar-refractivity contribution < 1.29 is 23.5 Å². The number of rotatable bonds is 3. The number of aryl methyl sites for hydroxylation is 1. The van der Waals surface area contributed by atoms with Crippen LogP contribution in [0.25, 0.3) is 0 Å². The molecule has 1 saturated carbocycles. The molecule has 2 unspecified atom stereocenters. The highest BCUT2D eigenvalue weighted by Crippen LogP contribution is 2.25. The number of aliphatic carboxylic acids is 1. The molecule has 0 heterocycles. The van der Waals surface area contributed by atoms with Crippen LogP contribution in [0.1, 0.15) is 41.6 Å². The lowest BCUT2D eigenvalue weighted by Crippen LogP contribution is -2.40. The Morgan fingerprint density at radius 1 is 1.24 bits per heavy atom. The quantitative estimate of drug-likeness (QED) is 0.901. The Kier molecular flexibility index (Phi) is 4.55. The lowest BCUT2D eigenvalue weighted by Gasteiger charge is -2.27. The SMILES string of the molecule is Cc1cc(C(=O)NC2CCCC(C(=O)O)C2)c(F)cc1F. The lowest BCUT2D eigenvalue weighted by atomic mass is 9.85. The molecule has 4 nitrogen and oxygen atoms in total. The van der Waals surface area contributed by atoms with Crippen LogP contribution in [0.15, 0.2) is 12.1 Å². The van der Waals surface area contributed by atoms with E-state index in [1.807, 2.05) is 0 Å². The van der Waals surface area contributed by atoms with Crippen LogP contribution in [0.3, 0.4) is 0 Å². The van der Waals surface area contributed by atoms with Gasteiger partial charge in [-0.25, -0.2) is 8.78 Å². The van der Waals surface area contributed by atoms with E-state index in [1.165, 1.54) is 6.92 Å². The first-order valence-electron chi connectivity index (χ1n) is 6.87. The standard InChI is InChI=1S/C15H17F2NO3/c1-8-5-11(13(17)7-12(8)16)14(19)18-10-4-2-3-9(6-10)15(20)21/h5,7,9-10H,2-4,6H2,1H3,(H,18,19)(H,20,21). The van der Waals surface area contributed by atoms with Crippen molar-refractivity contribution in [1.82, 2.24) is 5.32 Å². The predicted octanol–water partition coefficient (Wildman–Crippen LogP) is 2.65. The van der Waals surface area contributed by atoms with E-state index < -0.39 is 29.4 Å². The summed E-state index contributed by atoms with van der Waals surface area (Å²) in [5.41, 5.74) is -0.0278. The molecule has 0 saturated heterocycles. The summed E-state index contributed by atoms with van der Waals surface area (Å²) in [4.78, 5) is 23.0. The van der Waals surface area contributed by atoms with Gasteiger partial charge in [-0.2, -0.15) is 0 Å². The number of carbonyl (C=O) groups excluding carboxylic acids is 1. The minimum Gasteiger partial charge on any atom is -0.481 e. The number of carboxylic acid groups (broad SMARTS) is 1. The molecule has 2 atom stereocenters. The second-order valence-corrected chi connectivity index (χ2v) is 5.45. The molecular weight excluding hydrogens is 280 g/mol. The number of carboxylic acids is 1. The van der Waals surface area contributed by atoms with Crippen molar-refractivity contribution in [2.45, 2.75) is 38.6 Å². The summed E-state index contributed by atoms with van der Waals surface area (Å²) in [6.45, 7) is 1.45. The van der Waals surface area contributed by atoms with Gasteiger partial charge in [0.2, 0.25) is 0 Å². The largest absolute Gasteiger partial charge is 0.481 e. The molecule has 1 aromatic carbocycles. The first kappa shape index (κ1) is 15.4. The van der Waals surface area contributed by atoms with Gasteiger partial charge in [-0.1, -0.05) is 6.42 Å². The monoisotopic (exact) mass is 297 g/mol. The molecule has 0 aliphatic heterocycles. The molecule has 1 aliphatic carbocycles. The van der Waals surface area contributed by atoms with Gasteiger partial charge < -0.3 is 10.4 Å². The first-order chi connectivity index (χ1) is 9.88. The smallest absolute Gasteiger partial charge is 0.306 e. The average molecular weight is 297 g/mol. The molecule has 114 valence electrons. The second kappa shape index (κ2) is 6.20. The number of nitrogens with one attached hydrogen (secondary N) is 1. The maximum Gasteiger partial charge on any atom is 0.306 e. The van der Waals surface area contributed by atoms with Crippen molar-refractivity contribution in [1.29, 1.82) is 0 Å². The summed E-state index contributed by atoms with van der Waals surface area (Å²) in [5.74, 6) is -3.61. The third-order valence-electron chi connectivity index (χ3n) is 3.85. The van der Waals surface area contributed by atoms with Crippen LogP contribution in [0.5, 0.6) is 0 Å². The van der Waals surface area contributed by atoms with E-state index in [4.69, 9.17) is 5.11 Å². The average Bonchev–Trinajstić information content (AvgIpc) is 2.43. The molecule has 1 amide bonds. The fourth-order valence-corrected chi connectivity index (χ4v) is 2.64. The highest BCUT2D eigenvalue weighted by atomic mass is 19.1. The highest BCUT2D eigenvalue weighted by molar-refractivity contribution is 5.94. The van der Waals surface area contributed by atoms with Gasteiger partial charge in [0.05, 0.1) is 11.5 Å². The summed E-state index contributed by atoms with van der Waals surface area (Å²) >= 11 is 0. The predicted molar refractivity (Wildman–Crippen MR) is 71.9 cm³/mol. The third kappa shape index (κ3) is 3.56. The van der Waals surface area contributed by atoms with Crippen LogP contribution in [0.4, 0.5) is 8.78 Å². The number of halogens is 2. The Morgan fingerprint density at radius 3 is 2.62 bits per heavy atom. The van der Waals surface area contributed by atoms with E-state index in [9.17, 15) is 18.4 Å². The number of benzene rings is 1. The van der Waals surface area contributed by atoms with E-state index >= 15 is 0 Å². The Balaban J connectivity index is 2.08. The van der Waals surface area contributed by atoms with Gasteiger partial charge in [0.25, 0.3) is 5.91 Å². The molecule has 1 aliphatic rings. The topological polar surface area (TPSA) is 66.4 Å². The van der Waals surface area contributed by atoms with E-state index in [0.29, 0.717) is 31.7 Å². The van der Waals surface area contributed by atoms with Crippen molar-refractivity contribution in [3.05, 3.63) is 34.9 Å². The molecule has 6 heteroatoms. The van der Waals surface area contributed by atoms with Crippen molar-refractivity contribution in [2.75, 3.05) is 0 Å². The number of hydrogen-bond donors (Lipinski definition) is 2. The van der Waals surface area contributed by atoms with Gasteiger partial charge in [0.15, 0.2) is 0 Å². The van der Waals surface area contributed by atoms with Crippen molar-refractivity contribution >= 4 is 11.9 Å². The van der Waals surface area contributed by atoms with Crippen LogP contribution in [0, 0.1) is 24.5 Å². The molecule has 2 N–H and O–H groups in total. The Hall–Kier alpha value is -1.98. The maximum atomic E-state index is 13.6. The maximum absolute atomic E-state index is 13.6. The van der Waals surface area contributed by atoms with Gasteiger partial charge in [-0.3, -0.25) is 9.59 Å². The molecule has 0 spiro atoms. The normalized spacial score (nSPS) is 21.9. The van der Waals surface area contributed by atoms with Gasteiger partial charge in [0, 0.05) is 12.1 Å². The molecular formula is C15H17F2NO3. The molecule has 0 radical (unpaired) electrons. The molecule has 1 fully saturated rings. The summed E-state index contributed by atoms with van der Waals surface area (Å²) in [6.07, 6.45) is 2.29. The fraction of sp³-hybridized carbons (Fsp3) is 0.467. The zero-order chi connectivity index (χ0) is 15.6. The van der Waals surface area contributed by atoms with E-state index in [1.54, 1.807) is 0 Å². The summed E-state index contributed by atoms with van der Waals surface area (Å²) in [6, 6.07) is 1.56. The Bertz CT molecular complexity index is 574. The Labute approximate surface area is 121 Å². The van der Waals surface area contributed by atoms with E-state index in [-0.39, 0.29) is 17.2 Å². The van der Waals surface area contributed by atoms with Crippen LogP contribution in [-0.2, 0) is 4.79 Å². The van der Waals surface area contributed by atoms with Crippen LogP contribution in [-0.4, -0.2) is 23.0 Å². The van der Waals surface area contributed by atoms with Crippen molar-refractivity contribution in [2.24, 2.45) is 5.92 Å². The van der Waals surface area contributed by atoms with Gasteiger partial charge in [-0.15, -0.1) is 0 Å². The van der Waals surface area contributed by atoms with Gasteiger partial charge in [0.1, 0.15) is 11.6 Å². The van der Waals surface area contributed by atoms with E-state index in [2.05, 4.69) is 5.32 Å². The number of amides is 1. The zero-order valence-corrected chi connectivity index (χ0v) is 11.7. The minimum absolute atomic E-state index is 0.189. The van der Waals surface area contributed by atoms with Crippen LogP contribution < -0.4 is 5.32 Å². The van der Waals surface area contributed by atoms with Crippen LogP contribution >= 0.6 is 0 Å². The van der Waals surface area contributed by atoms with Gasteiger partial charge in [-0.05, 0) is 37.8 Å². The minimum atomic E-state index is -0.916. The second-order valence-electron chi connectivity index (χ2n) is 5.45. The summed E-state index contributed by atoms with van der Waals surface area (Å²) in [5, 5.41) is 11.6. The number of hydrogen-bond acceptors (Lipinski definition) is 2. The summed E-state index contributed by atoms with van der Waals surface area (Å²) < 4.78 is 26.8. The Morgan fingerprint density at radius 2 is 1.95 bits per heavy atom. The first-order valence-corrected chi connectivity index (χ1v) is 6.87. The molecule has 2 rings (SSSR count). The van der Waals surface area contributed by atoms with Crippen LogP contribution in [0.2, 0.25) is 0 Å². The van der Waals surface area contributed by atoms with E-state index in [0.717, 1.165) is 6.07 Å². The lowest BCUT2D eigenvalue weighted by molar-refractivity contribution is -0.143. The zero-order valence-electron chi connectivity index (χ0n) is 11.7. The molecule has 1 aromatic rings.